The van der Waals surface area contributed by atoms with E-state index < -0.39 is 91.7 Å². The first-order valence-corrected chi connectivity index (χ1v) is 13.5. The predicted octanol–water partition coefficient (Wildman–Crippen LogP) is -2.71. The minimum atomic E-state index is -0.894. The van der Waals surface area contributed by atoms with Gasteiger partial charge in [0, 0.05) is 68.4 Å². The molecule has 0 aromatic heterocycles. The molecule has 236 valence electrons. The fourth-order valence-corrected chi connectivity index (χ4v) is 6.10. The fourth-order valence-electron chi connectivity index (χ4n) is 6.10. The van der Waals surface area contributed by atoms with Crippen LogP contribution in [0.3, 0.4) is 0 Å². The van der Waals surface area contributed by atoms with Crippen molar-refractivity contribution in [2.45, 2.75) is 98.2 Å². The third kappa shape index (κ3) is 6.96. The van der Waals surface area contributed by atoms with Gasteiger partial charge in [0.1, 0.15) is 61.0 Å². The standard InChI is InChI=1S/C25H50N4O11/c1-30-10-14-18(31-2)15(29)20(33-4)24(38-14)39-16-11(27)8-12(28)17(21(16)34-5)40-25-23(36-7)22(35-6)19(32-3)13(9-26)37-25/h11-25H,8-10,26-29H2,1-7H3/t11-,12+,13-,14-,15+,16+,17-,18-,19-,20-,21-,22+,23-,24-,25?/m1/s1. The predicted molar refractivity (Wildman–Crippen MR) is 141 cm³/mol. The highest BCUT2D eigenvalue weighted by Crippen LogP contribution is 2.34. The molecule has 40 heavy (non-hydrogen) atoms. The maximum atomic E-state index is 6.57. The normalized spacial score (nSPS) is 46.4. The van der Waals surface area contributed by atoms with Crippen molar-refractivity contribution in [1.82, 2.24) is 0 Å². The Hall–Kier alpha value is -0.600. The van der Waals surface area contributed by atoms with Gasteiger partial charge in [-0.3, -0.25) is 0 Å². The molecular formula is C25H50N4O11. The van der Waals surface area contributed by atoms with Crippen LogP contribution in [0.15, 0.2) is 0 Å². The lowest BCUT2D eigenvalue weighted by Gasteiger charge is -2.50. The summed E-state index contributed by atoms with van der Waals surface area (Å²) in [5.41, 5.74) is 25.6. The van der Waals surface area contributed by atoms with Crippen molar-refractivity contribution in [3.05, 3.63) is 0 Å². The number of hydrogen-bond acceptors (Lipinski definition) is 15. The summed E-state index contributed by atoms with van der Waals surface area (Å²) in [7, 11) is 10.9. The molecule has 8 N–H and O–H groups in total. The molecule has 2 aliphatic heterocycles. The Morgan fingerprint density at radius 2 is 1.00 bits per heavy atom. The molecule has 1 unspecified atom stereocenters. The highest BCUT2D eigenvalue weighted by molar-refractivity contribution is 5.02. The number of nitrogens with two attached hydrogens (primary N) is 4. The van der Waals surface area contributed by atoms with Crippen molar-refractivity contribution in [1.29, 1.82) is 0 Å². The molecule has 0 aromatic carbocycles. The second-order valence-electron chi connectivity index (χ2n) is 10.3. The highest BCUT2D eigenvalue weighted by Gasteiger charge is 2.53. The van der Waals surface area contributed by atoms with Crippen molar-refractivity contribution in [3.63, 3.8) is 0 Å². The van der Waals surface area contributed by atoms with Crippen LogP contribution in [0.1, 0.15) is 6.42 Å². The molecule has 3 rings (SSSR count). The number of methoxy groups -OCH3 is 7. The minimum Gasteiger partial charge on any atom is -0.382 e. The van der Waals surface area contributed by atoms with E-state index in [1.807, 2.05) is 0 Å². The summed E-state index contributed by atoms with van der Waals surface area (Å²) in [5, 5.41) is 0. The van der Waals surface area contributed by atoms with Crippen molar-refractivity contribution in [3.8, 4) is 0 Å². The Balaban J connectivity index is 1.84. The molecule has 0 bridgehead atoms. The van der Waals surface area contributed by atoms with Crippen LogP contribution >= 0.6 is 0 Å². The Labute approximate surface area is 236 Å². The lowest BCUT2D eigenvalue weighted by molar-refractivity contribution is -0.340. The summed E-state index contributed by atoms with van der Waals surface area (Å²) in [6.45, 7) is 0.422. The second kappa shape index (κ2) is 15.7. The summed E-state index contributed by atoms with van der Waals surface area (Å²) >= 11 is 0. The molecule has 3 aliphatic rings. The first-order valence-electron chi connectivity index (χ1n) is 13.5. The van der Waals surface area contributed by atoms with Crippen molar-refractivity contribution in [2.24, 2.45) is 22.9 Å². The van der Waals surface area contributed by atoms with Crippen molar-refractivity contribution < 1.29 is 52.1 Å². The van der Waals surface area contributed by atoms with Crippen LogP contribution in [-0.4, -0.2) is 155 Å². The Bertz CT molecular complexity index is 743. The van der Waals surface area contributed by atoms with Gasteiger partial charge in [0.15, 0.2) is 12.6 Å². The molecule has 15 atom stereocenters. The van der Waals surface area contributed by atoms with Crippen LogP contribution in [0.25, 0.3) is 0 Å². The molecular weight excluding hydrogens is 532 g/mol. The van der Waals surface area contributed by atoms with Gasteiger partial charge in [-0.15, -0.1) is 0 Å². The van der Waals surface area contributed by atoms with E-state index in [1.54, 1.807) is 35.5 Å². The van der Waals surface area contributed by atoms with E-state index in [1.165, 1.54) is 14.2 Å². The fraction of sp³-hybridized carbons (Fsp3) is 1.00. The SMILES string of the molecule is COC[C@H]1O[C@H](O[C@@H]2[C@@H](OC)[C@H](OC3O[C@H](CN)[C@@H](OC)[C@H](OC)[C@H]3OC)[C@@H](N)C[C@H]2N)[C@H](OC)[C@@H](N)[C@@H]1OC. The van der Waals surface area contributed by atoms with Gasteiger partial charge in [-0.2, -0.15) is 0 Å². The molecule has 1 aliphatic carbocycles. The van der Waals surface area contributed by atoms with Crippen molar-refractivity contribution >= 4 is 0 Å². The topological polar surface area (TPSA) is 206 Å². The van der Waals surface area contributed by atoms with E-state index in [-0.39, 0.29) is 13.2 Å². The first-order chi connectivity index (χ1) is 19.2. The van der Waals surface area contributed by atoms with Gasteiger partial charge in [-0.25, -0.2) is 0 Å². The van der Waals surface area contributed by atoms with Gasteiger partial charge in [0.05, 0.1) is 12.6 Å². The Kier molecular flexibility index (Phi) is 13.3. The maximum absolute atomic E-state index is 6.57. The van der Waals surface area contributed by atoms with Crippen molar-refractivity contribution in [2.75, 3.05) is 62.9 Å². The zero-order valence-electron chi connectivity index (χ0n) is 24.6. The van der Waals surface area contributed by atoms with E-state index in [0.717, 1.165) is 0 Å². The largest absolute Gasteiger partial charge is 0.382 e. The van der Waals surface area contributed by atoms with Crippen LogP contribution < -0.4 is 22.9 Å². The molecule has 1 saturated carbocycles. The zero-order chi connectivity index (χ0) is 29.6. The van der Waals surface area contributed by atoms with Crippen LogP contribution in [-0.2, 0) is 52.1 Å². The van der Waals surface area contributed by atoms with Crippen LogP contribution in [0.4, 0.5) is 0 Å². The Morgan fingerprint density at radius 1 is 0.550 bits per heavy atom. The molecule has 15 heteroatoms. The van der Waals surface area contributed by atoms with Crippen LogP contribution in [0.2, 0.25) is 0 Å². The molecule has 0 amide bonds. The first kappa shape index (κ1) is 33.9. The van der Waals surface area contributed by atoms with E-state index in [4.69, 9.17) is 75.0 Å². The third-order valence-corrected chi connectivity index (χ3v) is 8.11. The molecule has 15 nitrogen and oxygen atoms in total. The third-order valence-electron chi connectivity index (χ3n) is 8.11. The van der Waals surface area contributed by atoms with Crippen LogP contribution in [0.5, 0.6) is 0 Å². The van der Waals surface area contributed by atoms with Gasteiger partial charge >= 0.3 is 0 Å². The van der Waals surface area contributed by atoms with E-state index in [9.17, 15) is 0 Å². The smallest absolute Gasteiger partial charge is 0.187 e. The molecule has 0 aromatic rings. The number of rotatable bonds is 13. The lowest BCUT2D eigenvalue weighted by atomic mass is 9.84. The number of ether oxygens (including phenoxy) is 11. The molecule has 2 saturated heterocycles. The molecule has 0 spiro atoms. The highest BCUT2D eigenvalue weighted by atomic mass is 16.7. The zero-order valence-corrected chi connectivity index (χ0v) is 24.6. The summed E-state index contributed by atoms with van der Waals surface area (Å²) in [6, 6.07) is -1.58. The molecule has 0 radical (unpaired) electrons. The van der Waals surface area contributed by atoms with Gasteiger partial charge in [0.2, 0.25) is 0 Å². The van der Waals surface area contributed by atoms with E-state index in [0.29, 0.717) is 6.42 Å². The van der Waals surface area contributed by atoms with Gasteiger partial charge < -0.3 is 75.0 Å². The minimum absolute atomic E-state index is 0.179. The van der Waals surface area contributed by atoms with Crippen LogP contribution in [0, 0.1) is 0 Å². The lowest BCUT2D eigenvalue weighted by Crippen LogP contribution is -2.69. The average molecular weight is 583 g/mol. The number of hydrogen-bond donors (Lipinski definition) is 4. The van der Waals surface area contributed by atoms with E-state index >= 15 is 0 Å². The van der Waals surface area contributed by atoms with Gasteiger partial charge in [-0.1, -0.05) is 0 Å². The summed E-state index contributed by atoms with van der Waals surface area (Å²) < 4.78 is 64.9. The summed E-state index contributed by atoms with van der Waals surface area (Å²) in [6.07, 6.45) is -7.28. The quantitative estimate of drug-likeness (QED) is 0.174. The second-order valence-corrected chi connectivity index (χ2v) is 10.3. The van der Waals surface area contributed by atoms with Gasteiger partial charge in [0.25, 0.3) is 0 Å². The summed E-state index contributed by atoms with van der Waals surface area (Å²) in [5.74, 6) is 0. The van der Waals surface area contributed by atoms with Gasteiger partial charge in [-0.05, 0) is 6.42 Å². The monoisotopic (exact) mass is 582 g/mol. The molecule has 3 fully saturated rings. The molecule has 2 heterocycles. The maximum Gasteiger partial charge on any atom is 0.187 e. The van der Waals surface area contributed by atoms with E-state index in [2.05, 4.69) is 0 Å². The Morgan fingerprint density at radius 3 is 1.45 bits per heavy atom. The summed E-state index contributed by atoms with van der Waals surface area (Å²) in [4.78, 5) is 0. The average Bonchev–Trinajstić information content (AvgIpc) is 2.94.